The van der Waals surface area contributed by atoms with Gasteiger partial charge in [-0.05, 0) is 42.9 Å². The first-order valence-corrected chi connectivity index (χ1v) is 9.61. The molecule has 1 aliphatic carbocycles. The topological polar surface area (TPSA) is 49.4 Å². The number of hydrogen-bond donors (Lipinski definition) is 1. The molecule has 126 valence electrons. The number of piperazine rings is 1. The first-order chi connectivity index (χ1) is 10.6. The van der Waals surface area contributed by atoms with Crippen LogP contribution in [0.1, 0.15) is 36.8 Å². The van der Waals surface area contributed by atoms with Gasteiger partial charge in [0.15, 0.2) is 0 Å². The number of halogens is 1. The first kappa shape index (κ1) is 17.0. The van der Waals surface area contributed by atoms with E-state index >= 15 is 0 Å². The number of nitrogens with zero attached hydrogens (tertiary/aromatic N) is 1. The van der Waals surface area contributed by atoms with E-state index in [0.29, 0.717) is 36.5 Å². The highest BCUT2D eigenvalue weighted by molar-refractivity contribution is 7.93. The number of allylic oxidation sites excluding steroid dienone is 1. The Morgan fingerprint density at radius 3 is 2.48 bits per heavy atom. The zero-order chi connectivity index (χ0) is 15.2. The van der Waals surface area contributed by atoms with Crippen molar-refractivity contribution in [2.45, 2.75) is 44.2 Å². The lowest BCUT2D eigenvalue weighted by atomic mass is 9.95. The van der Waals surface area contributed by atoms with E-state index in [1.807, 2.05) is 24.3 Å². The molecule has 0 amide bonds. The summed E-state index contributed by atoms with van der Waals surface area (Å²) in [6.07, 6.45) is 6.71. The van der Waals surface area contributed by atoms with Gasteiger partial charge in [-0.1, -0.05) is 30.7 Å². The van der Waals surface area contributed by atoms with Crippen molar-refractivity contribution in [2.75, 3.05) is 13.1 Å². The van der Waals surface area contributed by atoms with Crippen LogP contribution < -0.4 is 5.32 Å². The summed E-state index contributed by atoms with van der Waals surface area (Å²) in [7, 11) is -3.32. The van der Waals surface area contributed by atoms with Gasteiger partial charge < -0.3 is 5.32 Å². The SMILES string of the molecule is Cl.O=S(=O)(C1=Cc2ccccc2CC1)N1CC2CCCC(C1)N2. The lowest BCUT2D eigenvalue weighted by molar-refractivity contribution is 0.191. The van der Waals surface area contributed by atoms with Gasteiger partial charge in [0.1, 0.15) is 0 Å². The maximum atomic E-state index is 13.0. The second-order valence-corrected chi connectivity index (χ2v) is 8.61. The Morgan fingerprint density at radius 2 is 1.74 bits per heavy atom. The van der Waals surface area contributed by atoms with Gasteiger partial charge in [-0.25, -0.2) is 8.42 Å². The summed E-state index contributed by atoms with van der Waals surface area (Å²) in [5.41, 5.74) is 2.31. The third-order valence-electron chi connectivity index (χ3n) is 5.11. The number of fused-ring (bicyclic) bond motifs is 3. The Kier molecular flexibility index (Phi) is 4.83. The van der Waals surface area contributed by atoms with Crippen LogP contribution in [0.3, 0.4) is 0 Å². The fraction of sp³-hybridized carbons (Fsp3) is 0.529. The Balaban J connectivity index is 0.00000156. The van der Waals surface area contributed by atoms with Gasteiger partial charge in [0.2, 0.25) is 10.0 Å². The quantitative estimate of drug-likeness (QED) is 0.888. The number of aryl methyl sites for hydroxylation is 1. The molecule has 0 saturated carbocycles. The van der Waals surface area contributed by atoms with Crippen molar-refractivity contribution in [2.24, 2.45) is 0 Å². The van der Waals surface area contributed by atoms with Gasteiger partial charge in [0.25, 0.3) is 0 Å². The largest absolute Gasteiger partial charge is 0.309 e. The molecule has 6 heteroatoms. The van der Waals surface area contributed by atoms with E-state index in [4.69, 9.17) is 0 Å². The highest BCUT2D eigenvalue weighted by Gasteiger charge is 2.37. The summed E-state index contributed by atoms with van der Waals surface area (Å²) >= 11 is 0. The van der Waals surface area contributed by atoms with Crippen LogP contribution in [0.4, 0.5) is 0 Å². The molecule has 3 aliphatic rings. The number of nitrogens with one attached hydrogen (secondary N) is 1. The maximum Gasteiger partial charge on any atom is 0.239 e. The van der Waals surface area contributed by atoms with Gasteiger partial charge >= 0.3 is 0 Å². The molecule has 2 saturated heterocycles. The van der Waals surface area contributed by atoms with Crippen LogP contribution in [-0.2, 0) is 16.4 Å². The number of benzene rings is 1. The zero-order valence-electron chi connectivity index (χ0n) is 13.1. The third-order valence-corrected chi connectivity index (χ3v) is 7.07. The minimum Gasteiger partial charge on any atom is -0.309 e. The summed E-state index contributed by atoms with van der Waals surface area (Å²) in [5, 5.41) is 3.55. The number of rotatable bonds is 2. The second-order valence-electron chi connectivity index (χ2n) is 6.62. The summed E-state index contributed by atoms with van der Waals surface area (Å²) < 4.78 is 27.7. The molecule has 4 rings (SSSR count). The van der Waals surface area contributed by atoms with Crippen LogP contribution in [0, 0.1) is 0 Å². The van der Waals surface area contributed by atoms with Crippen LogP contribution in [-0.4, -0.2) is 37.9 Å². The Labute approximate surface area is 144 Å². The van der Waals surface area contributed by atoms with Gasteiger partial charge in [0, 0.05) is 25.2 Å². The van der Waals surface area contributed by atoms with Crippen LogP contribution in [0.2, 0.25) is 0 Å². The highest BCUT2D eigenvalue weighted by Crippen LogP contribution is 2.31. The molecule has 2 atom stereocenters. The summed E-state index contributed by atoms with van der Waals surface area (Å²) in [6, 6.07) is 8.75. The lowest BCUT2D eigenvalue weighted by Crippen LogP contribution is -2.59. The monoisotopic (exact) mass is 354 g/mol. The molecule has 1 aromatic carbocycles. The molecule has 2 heterocycles. The van der Waals surface area contributed by atoms with Crippen LogP contribution in [0.25, 0.3) is 6.08 Å². The van der Waals surface area contributed by atoms with E-state index in [-0.39, 0.29) is 12.4 Å². The fourth-order valence-corrected chi connectivity index (χ4v) is 5.66. The van der Waals surface area contributed by atoms with E-state index in [1.54, 1.807) is 4.31 Å². The number of hydrogen-bond acceptors (Lipinski definition) is 3. The maximum absolute atomic E-state index is 13.0. The van der Waals surface area contributed by atoms with E-state index < -0.39 is 10.0 Å². The van der Waals surface area contributed by atoms with Crippen molar-refractivity contribution in [3.8, 4) is 0 Å². The van der Waals surface area contributed by atoms with Crippen molar-refractivity contribution < 1.29 is 8.42 Å². The number of piperidine rings is 1. The van der Waals surface area contributed by atoms with Crippen molar-refractivity contribution in [1.82, 2.24) is 9.62 Å². The minimum absolute atomic E-state index is 0. The van der Waals surface area contributed by atoms with E-state index in [2.05, 4.69) is 11.4 Å². The molecule has 0 aromatic heterocycles. The molecule has 2 bridgehead atoms. The van der Waals surface area contributed by atoms with Crippen LogP contribution >= 0.6 is 12.4 Å². The molecular weight excluding hydrogens is 332 g/mol. The smallest absolute Gasteiger partial charge is 0.239 e. The summed E-state index contributed by atoms with van der Waals surface area (Å²) in [4.78, 5) is 0.589. The van der Waals surface area contributed by atoms with Crippen molar-refractivity contribution in [3.63, 3.8) is 0 Å². The predicted molar refractivity (Wildman–Crippen MR) is 95.0 cm³/mol. The molecule has 23 heavy (non-hydrogen) atoms. The van der Waals surface area contributed by atoms with Crippen molar-refractivity contribution in [1.29, 1.82) is 0 Å². The standard InChI is InChI=1S/C17H22N2O2S.ClH/c20-22(21,19-11-15-6-3-7-16(12-19)18-15)17-9-8-13-4-1-2-5-14(13)10-17;/h1-2,4-5,10,15-16,18H,3,6-9,11-12H2;1H. The van der Waals surface area contributed by atoms with E-state index in [0.717, 1.165) is 24.8 Å². The average Bonchev–Trinajstić information content (AvgIpc) is 2.54. The molecule has 2 unspecified atom stereocenters. The molecule has 2 aliphatic heterocycles. The number of sulfonamides is 1. The van der Waals surface area contributed by atoms with Crippen molar-refractivity contribution in [3.05, 3.63) is 40.3 Å². The Bertz CT molecular complexity index is 705. The average molecular weight is 355 g/mol. The molecule has 1 N–H and O–H groups in total. The normalized spacial score (nSPS) is 27.6. The zero-order valence-corrected chi connectivity index (χ0v) is 14.7. The highest BCUT2D eigenvalue weighted by atomic mass is 35.5. The van der Waals surface area contributed by atoms with Crippen LogP contribution in [0.15, 0.2) is 29.2 Å². The Morgan fingerprint density at radius 1 is 1.04 bits per heavy atom. The van der Waals surface area contributed by atoms with Gasteiger partial charge in [0.05, 0.1) is 4.91 Å². The van der Waals surface area contributed by atoms with Crippen molar-refractivity contribution >= 4 is 28.5 Å². The second kappa shape index (κ2) is 6.55. The predicted octanol–water partition coefficient (Wildman–Crippen LogP) is 2.55. The molecule has 1 aromatic rings. The molecule has 2 fully saturated rings. The van der Waals surface area contributed by atoms with Gasteiger partial charge in [-0.2, -0.15) is 4.31 Å². The molecular formula is C17H23ClN2O2S. The third kappa shape index (κ3) is 3.20. The summed E-state index contributed by atoms with van der Waals surface area (Å²) in [6.45, 7) is 1.25. The van der Waals surface area contributed by atoms with Gasteiger partial charge in [-0.3, -0.25) is 0 Å². The molecule has 4 nitrogen and oxygen atoms in total. The van der Waals surface area contributed by atoms with Crippen LogP contribution in [0.5, 0.6) is 0 Å². The minimum atomic E-state index is -3.32. The van der Waals surface area contributed by atoms with Gasteiger partial charge in [-0.15, -0.1) is 12.4 Å². The molecule has 0 spiro atoms. The van der Waals surface area contributed by atoms with E-state index in [1.165, 1.54) is 12.0 Å². The Hall–Kier alpha value is -0.880. The summed E-state index contributed by atoms with van der Waals surface area (Å²) in [5.74, 6) is 0. The fourth-order valence-electron chi connectivity index (χ4n) is 3.94. The lowest BCUT2D eigenvalue weighted by Gasteiger charge is -2.42. The van der Waals surface area contributed by atoms with E-state index in [9.17, 15) is 8.42 Å². The first-order valence-electron chi connectivity index (χ1n) is 8.17. The molecule has 0 radical (unpaired) electrons.